The summed E-state index contributed by atoms with van der Waals surface area (Å²) in [6, 6.07) is 0. The summed E-state index contributed by atoms with van der Waals surface area (Å²) in [5, 5.41) is 1.84. The van der Waals surface area contributed by atoms with Gasteiger partial charge >= 0.3 is 26.2 Å². The van der Waals surface area contributed by atoms with Crippen molar-refractivity contribution in [3.05, 3.63) is 46.2 Å². The van der Waals surface area contributed by atoms with Gasteiger partial charge in [-0.2, -0.15) is 11.1 Å². The smallest absolute Gasteiger partial charge is 1.00 e. The molecule has 2 rings (SSSR count). The molecule has 20 heavy (non-hydrogen) atoms. The second-order valence-electron chi connectivity index (χ2n) is 6.07. The Morgan fingerprint density at radius 3 is 2.05 bits per heavy atom. The molecule has 0 aliphatic heterocycles. The summed E-state index contributed by atoms with van der Waals surface area (Å²) in [7, 11) is -1.50. The summed E-state index contributed by atoms with van der Waals surface area (Å²) in [6.07, 6.45) is 11.8. The monoisotopic (exact) mass is 403 g/mol. The minimum absolute atomic E-state index is 0. The van der Waals surface area contributed by atoms with E-state index >= 15 is 0 Å². The molecule has 0 aromatic heterocycles. The van der Waals surface area contributed by atoms with Gasteiger partial charge < -0.3 is 24.8 Å². The Hall–Kier alpha value is 0.640. The predicted octanol–water partition coefficient (Wildman–Crippen LogP) is -1.01. The van der Waals surface area contributed by atoms with E-state index in [1.54, 1.807) is 10.8 Å². The standard InChI is InChI=1S/C16H23Si.2ClH.Zr/c1-12-11-16(4,14(3)13(12)2)17(5,6)15-9-7-8-10-15;;;/h7-9H,10H2,1-6H3;2*1H;/q-1;;;+3/p-2. The van der Waals surface area contributed by atoms with E-state index in [2.05, 4.69) is 65.1 Å². The third-order valence-electron chi connectivity index (χ3n) is 5.14. The molecule has 0 N–H and O–H groups in total. The number of hydrogen-bond donors (Lipinski definition) is 0. The molecular weight excluding hydrogens is 382 g/mol. The Bertz CT molecular complexity index is 487. The third-order valence-corrected chi connectivity index (χ3v) is 10.1. The molecular formula is C16H23Cl2SiZr. The van der Waals surface area contributed by atoms with Crippen LogP contribution < -0.4 is 24.8 Å². The Balaban J connectivity index is 0. The molecule has 0 aromatic rings. The van der Waals surface area contributed by atoms with Gasteiger partial charge in [-0.25, -0.2) is 5.57 Å². The number of allylic oxidation sites excluding steroid dienone is 8. The van der Waals surface area contributed by atoms with E-state index in [1.807, 2.05) is 0 Å². The van der Waals surface area contributed by atoms with E-state index in [0.717, 1.165) is 6.42 Å². The zero-order valence-electron chi connectivity index (χ0n) is 13.2. The molecule has 0 spiro atoms. The molecule has 1 unspecified atom stereocenters. The summed E-state index contributed by atoms with van der Waals surface area (Å²) in [5.74, 6) is 0. The second kappa shape index (κ2) is 7.77. The van der Waals surface area contributed by atoms with Crippen LogP contribution >= 0.6 is 0 Å². The molecule has 1 atom stereocenters. The van der Waals surface area contributed by atoms with Crippen LogP contribution in [0.25, 0.3) is 0 Å². The average Bonchev–Trinajstić information content (AvgIpc) is 2.85. The largest absolute Gasteiger partial charge is 3.00 e. The van der Waals surface area contributed by atoms with Crippen LogP contribution in [0.4, 0.5) is 0 Å². The van der Waals surface area contributed by atoms with E-state index in [0.29, 0.717) is 0 Å². The van der Waals surface area contributed by atoms with Crippen LogP contribution in [0, 0.1) is 6.08 Å². The predicted molar refractivity (Wildman–Crippen MR) is 78.5 cm³/mol. The van der Waals surface area contributed by atoms with Crippen LogP contribution in [0.3, 0.4) is 0 Å². The van der Waals surface area contributed by atoms with Crippen molar-refractivity contribution in [1.82, 2.24) is 0 Å². The number of rotatable bonds is 2. The van der Waals surface area contributed by atoms with E-state index in [-0.39, 0.29) is 56.1 Å². The van der Waals surface area contributed by atoms with Crippen molar-refractivity contribution in [2.24, 2.45) is 0 Å². The number of hydrogen-bond acceptors (Lipinski definition) is 0. The Labute approximate surface area is 156 Å². The molecule has 0 heterocycles. The van der Waals surface area contributed by atoms with Crippen LogP contribution in [-0.2, 0) is 26.2 Å². The van der Waals surface area contributed by atoms with Gasteiger partial charge in [-0.1, -0.05) is 62.3 Å². The summed E-state index contributed by atoms with van der Waals surface area (Å²) >= 11 is 0. The molecule has 0 saturated heterocycles. The van der Waals surface area contributed by atoms with Crippen molar-refractivity contribution in [3.63, 3.8) is 0 Å². The van der Waals surface area contributed by atoms with Crippen LogP contribution in [-0.4, -0.2) is 8.07 Å². The molecule has 2 aliphatic rings. The molecule has 1 radical (unpaired) electrons. The van der Waals surface area contributed by atoms with Gasteiger partial charge in [0.15, 0.2) is 0 Å². The van der Waals surface area contributed by atoms with Gasteiger partial charge in [-0.3, -0.25) is 6.08 Å². The van der Waals surface area contributed by atoms with Gasteiger partial charge in [0, 0.05) is 0 Å². The Morgan fingerprint density at radius 1 is 1.15 bits per heavy atom. The normalized spacial score (nSPS) is 24.5. The third kappa shape index (κ3) is 3.35. The van der Waals surface area contributed by atoms with Gasteiger partial charge in [0.25, 0.3) is 0 Å². The molecule has 0 bridgehead atoms. The van der Waals surface area contributed by atoms with Gasteiger partial charge in [-0.05, 0) is 6.42 Å². The van der Waals surface area contributed by atoms with Crippen LogP contribution in [0.5, 0.6) is 0 Å². The van der Waals surface area contributed by atoms with Crippen molar-refractivity contribution in [2.75, 3.05) is 0 Å². The summed E-state index contributed by atoms with van der Waals surface area (Å²) in [5.41, 5.74) is 4.36. The zero-order chi connectivity index (χ0) is 12.8. The molecule has 0 amide bonds. The van der Waals surface area contributed by atoms with E-state index in [1.165, 1.54) is 11.1 Å². The first-order valence-corrected chi connectivity index (χ1v) is 9.47. The quantitative estimate of drug-likeness (QED) is 0.408. The summed E-state index contributed by atoms with van der Waals surface area (Å²) in [4.78, 5) is 0. The molecule has 109 valence electrons. The molecule has 0 nitrogen and oxygen atoms in total. The van der Waals surface area contributed by atoms with Crippen LogP contribution in [0.2, 0.25) is 18.1 Å². The first kappa shape index (κ1) is 22.9. The fraction of sp³-hybridized carbons (Fsp3) is 0.500. The van der Waals surface area contributed by atoms with Gasteiger partial charge in [0.2, 0.25) is 0 Å². The first-order chi connectivity index (χ1) is 7.80. The molecule has 0 fully saturated rings. The summed E-state index contributed by atoms with van der Waals surface area (Å²) < 4.78 is 0. The SMILES string of the molecule is CC1=[C-]C(C)([Si](C)(C)C2=CC=CC2)C(C)=C1C.[Cl-].[Cl-].[Zr+3]. The fourth-order valence-electron chi connectivity index (χ4n) is 3.08. The van der Waals surface area contributed by atoms with E-state index < -0.39 is 8.07 Å². The minimum Gasteiger partial charge on any atom is -1.00 e. The van der Waals surface area contributed by atoms with Crippen molar-refractivity contribution >= 4 is 8.07 Å². The van der Waals surface area contributed by atoms with Crippen molar-refractivity contribution in [1.29, 1.82) is 0 Å². The van der Waals surface area contributed by atoms with Gasteiger partial charge in [0.1, 0.15) is 0 Å². The maximum Gasteiger partial charge on any atom is 3.00 e. The second-order valence-corrected chi connectivity index (χ2v) is 11.0. The molecule has 0 saturated carbocycles. The van der Waals surface area contributed by atoms with Crippen LogP contribution in [0.15, 0.2) is 40.1 Å². The molecule has 4 heteroatoms. The van der Waals surface area contributed by atoms with Crippen LogP contribution in [0.1, 0.15) is 34.1 Å². The minimum atomic E-state index is -1.50. The number of halogens is 2. The fourth-order valence-corrected chi connectivity index (χ4v) is 6.48. The topological polar surface area (TPSA) is 0 Å². The van der Waals surface area contributed by atoms with Gasteiger partial charge in [-0.15, -0.1) is 6.92 Å². The molecule has 2 aliphatic carbocycles. The van der Waals surface area contributed by atoms with Crippen molar-refractivity contribution < 1.29 is 51.0 Å². The maximum atomic E-state index is 3.78. The molecule has 0 aromatic carbocycles. The zero-order valence-corrected chi connectivity index (χ0v) is 18.2. The summed E-state index contributed by atoms with van der Waals surface area (Å²) in [6.45, 7) is 14.1. The Morgan fingerprint density at radius 2 is 1.70 bits per heavy atom. The maximum absolute atomic E-state index is 3.78. The van der Waals surface area contributed by atoms with E-state index in [9.17, 15) is 0 Å². The van der Waals surface area contributed by atoms with Crippen molar-refractivity contribution in [3.8, 4) is 0 Å². The van der Waals surface area contributed by atoms with E-state index in [4.69, 9.17) is 0 Å². The Kier molecular flexibility index (Phi) is 8.90. The van der Waals surface area contributed by atoms with Crippen molar-refractivity contribution in [2.45, 2.75) is 52.2 Å². The first-order valence-electron chi connectivity index (χ1n) is 6.47. The average molecular weight is 406 g/mol. The van der Waals surface area contributed by atoms with Gasteiger partial charge in [0.05, 0.1) is 8.07 Å².